The Balaban J connectivity index is 2.03. The van der Waals surface area contributed by atoms with E-state index in [1.165, 1.54) is 0 Å². The molecule has 3 rings (SSSR count). The molecule has 0 bridgehead atoms. The summed E-state index contributed by atoms with van der Waals surface area (Å²) in [5.41, 5.74) is 0.588. The second-order valence-electron chi connectivity index (χ2n) is 6.01. The number of nitrogens with one attached hydrogen (secondary N) is 1. The molecule has 3 heterocycles. The molecule has 2 aromatic rings. The second kappa shape index (κ2) is 4.43. The van der Waals surface area contributed by atoms with E-state index in [1.807, 2.05) is 17.0 Å². The lowest BCUT2D eigenvalue weighted by atomic mass is 9.96. The molecule has 0 saturated carbocycles. The van der Waals surface area contributed by atoms with Gasteiger partial charge >= 0.3 is 0 Å². The molecule has 0 aromatic carbocycles. The first-order chi connectivity index (χ1) is 9.45. The zero-order valence-electron chi connectivity index (χ0n) is 11.9. The van der Waals surface area contributed by atoms with Crippen molar-refractivity contribution in [2.75, 3.05) is 24.5 Å². The fourth-order valence-electron chi connectivity index (χ4n) is 2.25. The number of hydrogen-bond donors (Lipinski definition) is 1. The second-order valence-corrected chi connectivity index (χ2v) is 6.01. The normalized spacial score (nSPS) is 16.6. The maximum Gasteiger partial charge on any atom is 0.239 e. The third-order valence-corrected chi connectivity index (χ3v) is 3.28. The molecule has 1 N–H and O–H groups in total. The van der Waals surface area contributed by atoms with Gasteiger partial charge in [-0.15, -0.1) is 15.3 Å². The fourth-order valence-corrected chi connectivity index (χ4v) is 2.25. The Labute approximate surface area is 117 Å². The third-order valence-electron chi connectivity index (χ3n) is 3.28. The number of rotatable bonds is 1. The first-order valence-electron chi connectivity index (χ1n) is 6.70. The van der Waals surface area contributed by atoms with E-state index >= 15 is 0 Å². The highest BCUT2D eigenvalue weighted by atomic mass is 16.2. The van der Waals surface area contributed by atoms with E-state index in [0.717, 1.165) is 23.8 Å². The summed E-state index contributed by atoms with van der Waals surface area (Å²) in [6.45, 7) is 7.97. The highest BCUT2D eigenvalue weighted by molar-refractivity contribution is 5.82. The number of nitrogens with zero attached hydrogens (tertiary/aromatic N) is 5. The maximum absolute atomic E-state index is 11.5. The SMILES string of the molecule is CC(C)(C)c1nnc2ccc(N3CCNC(=O)C3)nn12. The van der Waals surface area contributed by atoms with E-state index < -0.39 is 0 Å². The van der Waals surface area contributed by atoms with Gasteiger partial charge in [-0.25, -0.2) is 0 Å². The Hall–Kier alpha value is -2.18. The number of anilines is 1. The Morgan fingerprint density at radius 2 is 2.05 bits per heavy atom. The van der Waals surface area contributed by atoms with Crippen LogP contribution in [0.4, 0.5) is 5.82 Å². The van der Waals surface area contributed by atoms with E-state index in [0.29, 0.717) is 13.1 Å². The highest BCUT2D eigenvalue weighted by Gasteiger charge is 2.23. The minimum atomic E-state index is -0.135. The molecule has 0 unspecified atom stereocenters. The molecule has 0 spiro atoms. The first-order valence-corrected chi connectivity index (χ1v) is 6.70. The monoisotopic (exact) mass is 274 g/mol. The van der Waals surface area contributed by atoms with Gasteiger partial charge in [-0.2, -0.15) is 4.52 Å². The van der Waals surface area contributed by atoms with Gasteiger partial charge < -0.3 is 10.2 Å². The van der Waals surface area contributed by atoms with E-state index in [4.69, 9.17) is 0 Å². The lowest BCUT2D eigenvalue weighted by molar-refractivity contribution is -0.120. The molecule has 1 amide bonds. The van der Waals surface area contributed by atoms with E-state index in [1.54, 1.807) is 4.52 Å². The van der Waals surface area contributed by atoms with Gasteiger partial charge in [0.2, 0.25) is 5.91 Å². The number of fused-ring (bicyclic) bond motifs is 1. The summed E-state index contributed by atoms with van der Waals surface area (Å²) >= 11 is 0. The van der Waals surface area contributed by atoms with Crippen molar-refractivity contribution >= 4 is 17.4 Å². The lowest BCUT2D eigenvalue weighted by Gasteiger charge is -2.27. The quantitative estimate of drug-likeness (QED) is 0.812. The molecule has 7 nitrogen and oxygen atoms in total. The van der Waals surface area contributed by atoms with Gasteiger partial charge in [-0.1, -0.05) is 20.8 Å². The van der Waals surface area contributed by atoms with Crippen molar-refractivity contribution in [1.29, 1.82) is 0 Å². The molecule has 7 heteroatoms. The molecule has 20 heavy (non-hydrogen) atoms. The molecule has 0 atom stereocenters. The number of hydrogen-bond acceptors (Lipinski definition) is 5. The lowest BCUT2D eigenvalue weighted by Crippen LogP contribution is -2.48. The average Bonchev–Trinajstić information content (AvgIpc) is 2.81. The minimum Gasteiger partial charge on any atom is -0.353 e. The first kappa shape index (κ1) is 12.8. The summed E-state index contributed by atoms with van der Waals surface area (Å²) in [4.78, 5) is 13.4. The largest absolute Gasteiger partial charge is 0.353 e. The van der Waals surface area contributed by atoms with Crippen LogP contribution in [0.1, 0.15) is 26.6 Å². The van der Waals surface area contributed by atoms with Crippen molar-refractivity contribution in [1.82, 2.24) is 25.1 Å². The molecule has 2 aromatic heterocycles. The van der Waals surface area contributed by atoms with Crippen LogP contribution in [0.5, 0.6) is 0 Å². The zero-order valence-corrected chi connectivity index (χ0v) is 11.9. The minimum absolute atomic E-state index is 0.0259. The molecular formula is C13H18N6O. The van der Waals surface area contributed by atoms with Gasteiger partial charge in [0, 0.05) is 18.5 Å². The van der Waals surface area contributed by atoms with Gasteiger partial charge in [0.25, 0.3) is 0 Å². The molecule has 0 aliphatic carbocycles. The number of amides is 1. The molecular weight excluding hydrogens is 256 g/mol. The number of carbonyl (C=O) groups is 1. The predicted octanol–water partition coefficient (Wildman–Crippen LogP) is 0.358. The van der Waals surface area contributed by atoms with Crippen molar-refractivity contribution in [2.24, 2.45) is 0 Å². The predicted molar refractivity (Wildman–Crippen MR) is 74.7 cm³/mol. The van der Waals surface area contributed by atoms with Crippen LogP contribution < -0.4 is 10.2 Å². The van der Waals surface area contributed by atoms with Crippen LogP contribution in [0.3, 0.4) is 0 Å². The summed E-state index contributed by atoms with van der Waals surface area (Å²) in [5.74, 6) is 1.62. The molecule has 1 aliphatic heterocycles. The van der Waals surface area contributed by atoms with Crippen LogP contribution in [-0.2, 0) is 10.2 Å². The molecule has 1 saturated heterocycles. The summed E-state index contributed by atoms with van der Waals surface area (Å²) in [6, 6.07) is 3.77. The van der Waals surface area contributed by atoms with Crippen molar-refractivity contribution in [3.8, 4) is 0 Å². The summed E-state index contributed by atoms with van der Waals surface area (Å²) in [6.07, 6.45) is 0. The van der Waals surface area contributed by atoms with Crippen LogP contribution in [-0.4, -0.2) is 45.4 Å². The summed E-state index contributed by atoms with van der Waals surface area (Å²) in [7, 11) is 0. The Bertz CT molecular complexity index is 656. The van der Waals surface area contributed by atoms with Gasteiger partial charge in [0.05, 0.1) is 6.54 Å². The Morgan fingerprint density at radius 1 is 1.25 bits per heavy atom. The molecule has 1 fully saturated rings. The Kier molecular flexibility index (Phi) is 2.84. The van der Waals surface area contributed by atoms with Gasteiger partial charge in [0.1, 0.15) is 5.82 Å². The summed E-state index contributed by atoms with van der Waals surface area (Å²) in [5, 5.41) is 15.8. The topological polar surface area (TPSA) is 75.4 Å². The maximum atomic E-state index is 11.5. The van der Waals surface area contributed by atoms with Crippen LogP contribution in [0, 0.1) is 0 Å². The van der Waals surface area contributed by atoms with E-state index in [9.17, 15) is 4.79 Å². The van der Waals surface area contributed by atoms with Crippen LogP contribution in [0.2, 0.25) is 0 Å². The standard InChI is InChI=1S/C13H18N6O/c1-13(2,3)12-16-15-9-4-5-10(17-19(9)12)18-7-6-14-11(20)8-18/h4-5H,6-8H2,1-3H3,(H,14,20). The van der Waals surface area contributed by atoms with Crippen LogP contribution >= 0.6 is 0 Å². The Morgan fingerprint density at radius 3 is 2.75 bits per heavy atom. The smallest absolute Gasteiger partial charge is 0.239 e. The van der Waals surface area contributed by atoms with Crippen LogP contribution in [0.15, 0.2) is 12.1 Å². The third kappa shape index (κ3) is 2.19. The van der Waals surface area contributed by atoms with Crippen molar-refractivity contribution in [3.63, 3.8) is 0 Å². The number of piperazine rings is 1. The molecule has 1 aliphatic rings. The van der Waals surface area contributed by atoms with Crippen molar-refractivity contribution in [3.05, 3.63) is 18.0 Å². The number of aromatic nitrogens is 4. The molecule has 0 radical (unpaired) electrons. The van der Waals surface area contributed by atoms with Crippen molar-refractivity contribution in [2.45, 2.75) is 26.2 Å². The van der Waals surface area contributed by atoms with Crippen molar-refractivity contribution < 1.29 is 4.79 Å². The fraction of sp³-hybridized carbons (Fsp3) is 0.538. The van der Waals surface area contributed by atoms with Crippen LogP contribution in [0.25, 0.3) is 5.65 Å². The van der Waals surface area contributed by atoms with E-state index in [-0.39, 0.29) is 11.3 Å². The van der Waals surface area contributed by atoms with E-state index in [2.05, 4.69) is 41.4 Å². The van der Waals surface area contributed by atoms with Gasteiger partial charge in [0.15, 0.2) is 11.5 Å². The zero-order chi connectivity index (χ0) is 14.3. The average molecular weight is 274 g/mol. The highest BCUT2D eigenvalue weighted by Crippen LogP contribution is 2.21. The van der Waals surface area contributed by atoms with Gasteiger partial charge in [-0.05, 0) is 12.1 Å². The molecule has 106 valence electrons. The number of carbonyl (C=O) groups excluding carboxylic acids is 1. The summed E-state index contributed by atoms with van der Waals surface area (Å²) < 4.78 is 1.77. The van der Waals surface area contributed by atoms with Gasteiger partial charge in [-0.3, -0.25) is 4.79 Å².